The Bertz CT molecular complexity index is 1340. The van der Waals surface area contributed by atoms with Gasteiger partial charge in [-0.3, -0.25) is 4.98 Å². The molecule has 6 nitrogen and oxygen atoms in total. The zero-order chi connectivity index (χ0) is 21.5. The molecule has 7 heteroatoms. The molecule has 1 aliphatic rings. The maximum atomic E-state index is 9.34. The number of imidazole rings is 1. The summed E-state index contributed by atoms with van der Waals surface area (Å²) in [7, 11) is 2.00. The fraction of sp³-hybridized carbons (Fsp3) is 0.250. The van der Waals surface area contributed by atoms with E-state index in [4.69, 9.17) is 16.6 Å². The lowest BCUT2D eigenvalue weighted by molar-refractivity contribution is 0.659. The standard InChI is InChI=1S/C24H21ClN6/c1-15-7-9-31(14-15)23-18(16-6-8-28-17(10-16)11-26)12-27-13-19(23)24-29-22-20(25)4-3-5-21(22)30(24)2/h3-6,8,10,12-13,15H,7,9,14H2,1-2H3. The van der Waals surface area contributed by atoms with Crippen LogP contribution in [-0.4, -0.2) is 32.6 Å². The SMILES string of the molecule is CC1CCN(c2c(-c3ccnc(C#N)c3)cncc2-c2nc3c(Cl)cccc3n2C)C1. The van der Waals surface area contributed by atoms with Gasteiger partial charge in [-0.05, 0) is 42.2 Å². The second-order valence-electron chi connectivity index (χ2n) is 8.07. The molecule has 4 heterocycles. The minimum atomic E-state index is 0.387. The van der Waals surface area contributed by atoms with Crippen LogP contribution in [0.25, 0.3) is 33.5 Å². The molecule has 5 rings (SSSR count). The maximum absolute atomic E-state index is 9.34. The molecule has 0 radical (unpaired) electrons. The third-order valence-electron chi connectivity index (χ3n) is 5.95. The van der Waals surface area contributed by atoms with Crippen LogP contribution in [-0.2, 0) is 7.05 Å². The third-order valence-corrected chi connectivity index (χ3v) is 6.25. The molecule has 1 unspecified atom stereocenters. The topological polar surface area (TPSA) is 70.6 Å². The number of rotatable bonds is 3. The Morgan fingerprint density at radius 3 is 2.77 bits per heavy atom. The molecule has 4 aromatic rings. The number of hydrogen-bond acceptors (Lipinski definition) is 5. The smallest absolute Gasteiger partial charge is 0.144 e. The largest absolute Gasteiger partial charge is 0.370 e. The van der Waals surface area contributed by atoms with Gasteiger partial charge in [0.25, 0.3) is 0 Å². The first-order valence-corrected chi connectivity index (χ1v) is 10.7. The second-order valence-corrected chi connectivity index (χ2v) is 8.47. The summed E-state index contributed by atoms with van der Waals surface area (Å²) in [6, 6.07) is 11.7. The highest BCUT2D eigenvalue weighted by atomic mass is 35.5. The Morgan fingerprint density at radius 2 is 2.03 bits per heavy atom. The van der Waals surface area contributed by atoms with Crippen molar-refractivity contribution in [2.24, 2.45) is 13.0 Å². The summed E-state index contributed by atoms with van der Waals surface area (Å²) in [5.41, 5.74) is 6.09. The first-order valence-electron chi connectivity index (χ1n) is 10.3. The molecule has 154 valence electrons. The number of halogens is 1. The van der Waals surface area contributed by atoms with Crippen LogP contribution < -0.4 is 4.90 Å². The molecule has 0 saturated carbocycles. The maximum Gasteiger partial charge on any atom is 0.144 e. The van der Waals surface area contributed by atoms with Gasteiger partial charge >= 0.3 is 0 Å². The van der Waals surface area contributed by atoms with Crippen LogP contribution in [0.3, 0.4) is 0 Å². The van der Waals surface area contributed by atoms with Crippen molar-refractivity contribution in [3.8, 4) is 28.6 Å². The Labute approximate surface area is 185 Å². The Balaban J connectivity index is 1.78. The summed E-state index contributed by atoms with van der Waals surface area (Å²) < 4.78 is 2.07. The number of benzene rings is 1. The van der Waals surface area contributed by atoms with Crippen molar-refractivity contribution in [2.75, 3.05) is 18.0 Å². The molecule has 1 fully saturated rings. The first kappa shape index (κ1) is 19.5. The van der Waals surface area contributed by atoms with Crippen molar-refractivity contribution < 1.29 is 0 Å². The Morgan fingerprint density at radius 1 is 1.19 bits per heavy atom. The van der Waals surface area contributed by atoms with E-state index >= 15 is 0 Å². The van der Waals surface area contributed by atoms with Crippen molar-refractivity contribution in [3.05, 3.63) is 59.6 Å². The van der Waals surface area contributed by atoms with Crippen LogP contribution >= 0.6 is 11.6 Å². The molecular weight excluding hydrogens is 408 g/mol. The molecular formula is C24H21ClN6. The average Bonchev–Trinajstić information content (AvgIpc) is 3.37. The summed E-state index contributed by atoms with van der Waals surface area (Å²) >= 11 is 6.44. The van der Waals surface area contributed by atoms with Crippen LogP contribution in [0.1, 0.15) is 19.0 Å². The lowest BCUT2D eigenvalue weighted by Gasteiger charge is -2.25. The van der Waals surface area contributed by atoms with E-state index in [1.54, 1.807) is 6.20 Å². The van der Waals surface area contributed by atoms with E-state index in [0.717, 1.165) is 58.7 Å². The fourth-order valence-corrected chi connectivity index (χ4v) is 4.60. The predicted octanol–water partition coefficient (Wildman–Crippen LogP) is 5.07. The highest BCUT2D eigenvalue weighted by molar-refractivity contribution is 6.35. The number of nitrogens with zero attached hydrogens (tertiary/aromatic N) is 6. The number of anilines is 1. The van der Waals surface area contributed by atoms with Crippen molar-refractivity contribution in [1.29, 1.82) is 5.26 Å². The quantitative estimate of drug-likeness (QED) is 0.455. The zero-order valence-corrected chi connectivity index (χ0v) is 18.1. The molecule has 1 saturated heterocycles. The van der Waals surface area contributed by atoms with Gasteiger partial charge in [0.15, 0.2) is 0 Å². The molecule has 0 bridgehead atoms. The molecule has 1 aliphatic heterocycles. The molecule has 3 aromatic heterocycles. The summed E-state index contributed by atoms with van der Waals surface area (Å²) in [5, 5.41) is 9.97. The normalized spacial score (nSPS) is 16.1. The number of aryl methyl sites for hydroxylation is 1. The number of hydrogen-bond donors (Lipinski definition) is 0. The number of para-hydroxylation sites is 1. The van der Waals surface area contributed by atoms with Crippen LogP contribution in [0.2, 0.25) is 5.02 Å². The van der Waals surface area contributed by atoms with Crippen molar-refractivity contribution >= 4 is 28.3 Å². The van der Waals surface area contributed by atoms with Gasteiger partial charge in [0, 0.05) is 44.3 Å². The Hall–Kier alpha value is -3.43. The summed E-state index contributed by atoms with van der Waals surface area (Å²) in [5.74, 6) is 1.43. The summed E-state index contributed by atoms with van der Waals surface area (Å²) in [6.45, 7) is 4.20. The van der Waals surface area contributed by atoms with Gasteiger partial charge in [-0.25, -0.2) is 9.97 Å². The second kappa shape index (κ2) is 7.68. The van der Waals surface area contributed by atoms with Gasteiger partial charge in [-0.1, -0.05) is 24.6 Å². The molecule has 1 aromatic carbocycles. The molecule has 0 spiro atoms. The van der Waals surface area contributed by atoms with E-state index in [9.17, 15) is 5.26 Å². The van der Waals surface area contributed by atoms with Crippen LogP contribution in [0, 0.1) is 17.2 Å². The van der Waals surface area contributed by atoms with Gasteiger partial charge in [-0.15, -0.1) is 0 Å². The van der Waals surface area contributed by atoms with Crippen LogP contribution in [0.4, 0.5) is 5.69 Å². The average molecular weight is 429 g/mol. The van der Waals surface area contributed by atoms with E-state index < -0.39 is 0 Å². The monoisotopic (exact) mass is 428 g/mol. The van der Waals surface area contributed by atoms with Gasteiger partial charge in [-0.2, -0.15) is 5.26 Å². The number of nitriles is 1. The highest BCUT2D eigenvalue weighted by Crippen LogP contribution is 2.41. The van der Waals surface area contributed by atoms with E-state index in [2.05, 4.69) is 32.4 Å². The summed E-state index contributed by atoms with van der Waals surface area (Å²) in [4.78, 5) is 16.0. The van der Waals surface area contributed by atoms with Crippen LogP contribution in [0.15, 0.2) is 48.9 Å². The minimum absolute atomic E-state index is 0.387. The third kappa shape index (κ3) is 3.31. The highest BCUT2D eigenvalue weighted by Gasteiger charge is 2.27. The number of aromatic nitrogens is 4. The van der Waals surface area contributed by atoms with Gasteiger partial charge < -0.3 is 9.47 Å². The molecule has 0 aliphatic carbocycles. The minimum Gasteiger partial charge on any atom is -0.370 e. The van der Waals surface area contributed by atoms with Gasteiger partial charge in [0.1, 0.15) is 23.1 Å². The number of fused-ring (bicyclic) bond motifs is 1. The molecule has 31 heavy (non-hydrogen) atoms. The number of pyridine rings is 2. The van der Waals surface area contributed by atoms with Gasteiger partial charge in [0.2, 0.25) is 0 Å². The van der Waals surface area contributed by atoms with E-state index in [1.807, 2.05) is 49.8 Å². The zero-order valence-electron chi connectivity index (χ0n) is 17.4. The molecule has 0 amide bonds. The van der Waals surface area contributed by atoms with Crippen molar-refractivity contribution in [1.82, 2.24) is 19.5 Å². The molecule has 0 N–H and O–H groups in total. The Kier molecular flexibility index (Phi) is 4.84. The summed E-state index contributed by atoms with van der Waals surface area (Å²) in [6.07, 6.45) is 6.55. The fourth-order valence-electron chi connectivity index (χ4n) is 4.39. The lowest BCUT2D eigenvalue weighted by Crippen LogP contribution is -2.21. The van der Waals surface area contributed by atoms with Crippen molar-refractivity contribution in [3.63, 3.8) is 0 Å². The predicted molar refractivity (Wildman–Crippen MR) is 123 cm³/mol. The molecule has 1 atom stereocenters. The van der Waals surface area contributed by atoms with E-state index in [-0.39, 0.29) is 0 Å². The van der Waals surface area contributed by atoms with Crippen molar-refractivity contribution in [2.45, 2.75) is 13.3 Å². The lowest BCUT2D eigenvalue weighted by atomic mass is 10.0. The first-order chi connectivity index (χ1) is 15.1. The van der Waals surface area contributed by atoms with E-state index in [1.165, 1.54) is 0 Å². The van der Waals surface area contributed by atoms with Crippen LogP contribution in [0.5, 0.6) is 0 Å². The van der Waals surface area contributed by atoms with E-state index in [0.29, 0.717) is 16.6 Å². The van der Waals surface area contributed by atoms with Gasteiger partial charge in [0.05, 0.1) is 21.8 Å².